The topological polar surface area (TPSA) is 94.7 Å². The predicted octanol–water partition coefficient (Wildman–Crippen LogP) is 4.67. The van der Waals surface area contributed by atoms with Gasteiger partial charge in [-0.1, -0.05) is 0 Å². The number of carbonyl (C=O) groups excluding carboxylic acids is 1. The maximum atomic E-state index is 12.9. The first-order valence-electron chi connectivity index (χ1n) is 10.4. The lowest BCUT2D eigenvalue weighted by Gasteiger charge is -2.14. The molecule has 2 aromatic carbocycles. The van der Waals surface area contributed by atoms with E-state index in [0.717, 1.165) is 28.4 Å². The summed E-state index contributed by atoms with van der Waals surface area (Å²) in [5.41, 5.74) is 3.96. The lowest BCUT2D eigenvalue weighted by molar-refractivity contribution is -0.112. The van der Waals surface area contributed by atoms with E-state index in [-0.39, 0.29) is 5.57 Å². The highest BCUT2D eigenvalue weighted by molar-refractivity contribution is 6.10. The Balaban J connectivity index is 1.92. The number of carbonyl (C=O) groups is 1. The highest BCUT2D eigenvalue weighted by atomic mass is 16.5. The molecule has 3 rings (SSSR count). The molecule has 1 N–H and O–H groups in total. The van der Waals surface area contributed by atoms with Crippen LogP contribution < -0.4 is 24.3 Å². The monoisotopic (exact) mass is 461 g/mol. The SMILES string of the molecule is COc1ccc(-n2c(C)cc(C=C(C#N)C(=O)Nc3cc(OC)c(OC)c(OC)c3)c2C)cc1. The van der Waals surface area contributed by atoms with Crippen molar-refractivity contribution in [3.05, 3.63) is 65.0 Å². The highest BCUT2D eigenvalue weighted by Gasteiger charge is 2.17. The van der Waals surface area contributed by atoms with Crippen LogP contribution >= 0.6 is 0 Å². The van der Waals surface area contributed by atoms with Gasteiger partial charge in [-0.25, -0.2) is 0 Å². The van der Waals surface area contributed by atoms with Crippen molar-refractivity contribution in [2.75, 3.05) is 33.8 Å². The van der Waals surface area contributed by atoms with Crippen LogP contribution in [0.5, 0.6) is 23.0 Å². The molecule has 34 heavy (non-hydrogen) atoms. The number of nitrogens with zero attached hydrogens (tertiary/aromatic N) is 2. The van der Waals surface area contributed by atoms with Gasteiger partial charge in [-0.15, -0.1) is 0 Å². The fourth-order valence-electron chi connectivity index (χ4n) is 3.72. The predicted molar refractivity (Wildman–Crippen MR) is 130 cm³/mol. The highest BCUT2D eigenvalue weighted by Crippen LogP contribution is 2.40. The van der Waals surface area contributed by atoms with Gasteiger partial charge in [0.05, 0.1) is 28.4 Å². The maximum Gasteiger partial charge on any atom is 0.266 e. The Hall–Kier alpha value is -4.38. The summed E-state index contributed by atoms with van der Waals surface area (Å²) in [6, 6.07) is 14.8. The largest absolute Gasteiger partial charge is 0.497 e. The van der Waals surface area contributed by atoms with Crippen LogP contribution in [0.15, 0.2) is 48.0 Å². The van der Waals surface area contributed by atoms with Crippen LogP contribution in [-0.2, 0) is 4.79 Å². The van der Waals surface area contributed by atoms with Crippen molar-refractivity contribution in [2.24, 2.45) is 0 Å². The van der Waals surface area contributed by atoms with Crippen molar-refractivity contribution in [2.45, 2.75) is 13.8 Å². The molecule has 0 saturated carbocycles. The number of benzene rings is 2. The Morgan fingerprint density at radius 1 is 0.941 bits per heavy atom. The van der Waals surface area contributed by atoms with Crippen molar-refractivity contribution >= 4 is 17.7 Å². The van der Waals surface area contributed by atoms with Gasteiger partial charge in [0.25, 0.3) is 5.91 Å². The summed E-state index contributed by atoms with van der Waals surface area (Å²) in [6.45, 7) is 3.91. The minimum Gasteiger partial charge on any atom is -0.497 e. The quantitative estimate of drug-likeness (QED) is 0.387. The number of hydrogen-bond acceptors (Lipinski definition) is 6. The molecular weight excluding hydrogens is 434 g/mol. The van der Waals surface area contributed by atoms with Gasteiger partial charge in [0.1, 0.15) is 17.4 Å². The zero-order valence-corrected chi connectivity index (χ0v) is 20.1. The number of ether oxygens (including phenoxy) is 4. The number of nitriles is 1. The van der Waals surface area contributed by atoms with E-state index in [4.69, 9.17) is 18.9 Å². The molecule has 0 bridgehead atoms. The summed E-state index contributed by atoms with van der Waals surface area (Å²) in [5.74, 6) is 1.41. The number of hydrogen-bond donors (Lipinski definition) is 1. The van der Waals surface area contributed by atoms with Crippen LogP contribution in [0.4, 0.5) is 5.69 Å². The van der Waals surface area contributed by atoms with Gasteiger partial charge in [0.15, 0.2) is 11.5 Å². The third-order valence-electron chi connectivity index (χ3n) is 5.39. The van der Waals surface area contributed by atoms with Gasteiger partial charge in [0, 0.05) is 34.9 Å². The fourth-order valence-corrected chi connectivity index (χ4v) is 3.72. The molecule has 0 fully saturated rings. The van der Waals surface area contributed by atoms with E-state index in [9.17, 15) is 10.1 Å². The standard InChI is InChI=1S/C26H27N3O5/c1-16-11-18(17(2)29(16)21-7-9-22(31-3)10-8-21)12-19(15-27)26(30)28-20-13-23(32-4)25(34-6)24(14-20)33-5/h7-14H,1-6H3,(H,28,30). The van der Waals surface area contributed by atoms with Crippen LogP contribution in [0.1, 0.15) is 17.0 Å². The molecule has 1 heterocycles. The zero-order chi connectivity index (χ0) is 24.8. The van der Waals surface area contributed by atoms with Gasteiger partial charge < -0.3 is 28.8 Å². The number of aromatic nitrogens is 1. The summed E-state index contributed by atoms with van der Waals surface area (Å²) in [5, 5.41) is 12.4. The third-order valence-corrected chi connectivity index (χ3v) is 5.39. The number of nitrogens with one attached hydrogen (secondary N) is 1. The molecule has 0 saturated heterocycles. The molecule has 0 aliphatic carbocycles. The van der Waals surface area contributed by atoms with E-state index < -0.39 is 5.91 Å². The summed E-state index contributed by atoms with van der Waals surface area (Å²) < 4.78 is 23.2. The number of amides is 1. The second kappa shape index (κ2) is 10.5. The second-order valence-electron chi connectivity index (χ2n) is 7.40. The van der Waals surface area contributed by atoms with Crippen molar-refractivity contribution in [3.8, 4) is 34.8 Å². The van der Waals surface area contributed by atoms with Crippen molar-refractivity contribution < 1.29 is 23.7 Å². The first kappa shape index (κ1) is 24.3. The fraction of sp³-hybridized carbons (Fsp3) is 0.231. The molecule has 0 atom stereocenters. The summed E-state index contributed by atoms with van der Waals surface area (Å²) in [4.78, 5) is 12.9. The molecule has 8 heteroatoms. The van der Waals surface area contributed by atoms with Crippen LogP contribution in [0.2, 0.25) is 0 Å². The van der Waals surface area contributed by atoms with Crippen molar-refractivity contribution in [1.29, 1.82) is 5.26 Å². The van der Waals surface area contributed by atoms with Gasteiger partial charge >= 0.3 is 0 Å². The number of rotatable bonds is 8. The number of aryl methyl sites for hydroxylation is 1. The van der Waals surface area contributed by atoms with Crippen LogP contribution in [0, 0.1) is 25.2 Å². The average Bonchev–Trinajstić information content (AvgIpc) is 3.13. The van der Waals surface area contributed by atoms with Gasteiger partial charge in [0.2, 0.25) is 5.75 Å². The Labute approximate surface area is 198 Å². The van der Waals surface area contributed by atoms with Gasteiger partial charge in [-0.05, 0) is 55.8 Å². The van der Waals surface area contributed by atoms with E-state index >= 15 is 0 Å². The smallest absolute Gasteiger partial charge is 0.266 e. The zero-order valence-electron chi connectivity index (χ0n) is 20.1. The average molecular weight is 462 g/mol. The van der Waals surface area contributed by atoms with E-state index in [1.807, 2.05) is 50.2 Å². The Morgan fingerprint density at radius 2 is 1.56 bits per heavy atom. The van der Waals surface area contributed by atoms with E-state index in [2.05, 4.69) is 9.88 Å². The molecule has 1 amide bonds. The van der Waals surface area contributed by atoms with E-state index in [1.54, 1.807) is 25.3 Å². The summed E-state index contributed by atoms with van der Waals surface area (Å²) >= 11 is 0. The first-order valence-corrected chi connectivity index (χ1v) is 10.4. The molecule has 3 aromatic rings. The minimum absolute atomic E-state index is 0.0382. The Morgan fingerprint density at radius 3 is 2.06 bits per heavy atom. The second-order valence-corrected chi connectivity index (χ2v) is 7.40. The Bertz CT molecular complexity index is 1240. The molecule has 0 unspecified atom stereocenters. The molecular formula is C26H27N3O5. The molecule has 8 nitrogen and oxygen atoms in total. The first-order chi connectivity index (χ1) is 16.4. The molecule has 0 spiro atoms. The summed E-state index contributed by atoms with van der Waals surface area (Å²) in [6.07, 6.45) is 1.58. The number of methoxy groups -OCH3 is 4. The van der Waals surface area contributed by atoms with Crippen molar-refractivity contribution in [3.63, 3.8) is 0 Å². The maximum absolute atomic E-state index is 12.9. The van der Waals surface area contributed by atoms with Crippen LogP contribution in [-0.4, -0.2) is 38.9 Å². The molecule has 1 aromatic heterocycles. The summed E-state index contributed by atoms with van der Waals surface area (Å²) in [7, 11) is 6.10. The molecule has 0 aliphatic rings. The van der Waals surface area contributed by atoms with Gasteiger partial charge in [-0.3, -0.25) is 4.79 Å². The van der Waals surface area contributed by atoms with Crippen LogP contribution in [0.3, 0.4) is 0 Å². The minimum atomic E-state index is -0.550. The van der Waals surface area contributed by atoms with Crippen LogP contribution in [0.25, 0.3) is 11.8 Å². The lowest BCUT2D eigenvalue weighted by Crippen LogP contribution is -2.14. The molecule has 176 valence electrons. The Kier molecular flexibility index (Phi) is 7.49. The van der Waals surface area contributed by atoms with Crippen molar-refractivity contribution in [1.82, 2.24) is 4.57 Å². The number of anilines is 1. The normalized spacial score (nSPS) is 10.9. The van der Waals surface area contributed by atoms with Gasteiger partial charge in [-0.2, -0.15) is 5.26 Å². The van der Waals surface area contributed by atoms with E-state index in [1.165, 1.54) is 21.3 Å². The molecule has 0 radical (unpaired) electrons. The molecule has 0 aliphatic heterocycles. The third kappa shape index (κ3) is 4.84. The van der Waals surface area contributed by atoms with E-state index in [0.29, 0.717) is 22.9 Å². The lowest BCUT2D eigenvalue weighted by atomic mass is 10.1.